The smallest absolute Gasteiger partial charge is 0.325 e. The lowest BCUT2D eigenvalue weighted by atomic mass is 9.87. The average molecular weight is 294 g/mol. The van der Waals surface area contributed by atoms with Gasteiger partial charge in [-0.2, -0.15) is 5.26 Å². The third-order valence-corrected chi connectivity index (χ3v) is 4.22. The first-order valence-electron chi connectivity index (χ1n) is 6.78. The van der Waals surface area contributed by atoms with Gasteiger partial charge in [-0.25, -0.2) is 9.69 Å². The molecule has 2 aliphatic heterocycles. The number of carbonyl (C=O) groups excluding carboxylic acids is 3. The van der Waals surface area contributed by atoms with Gasteiger partial charge in [0, 0.05) is 13.1 Å². The second-order valence-electron chi connectivity index (χ2n) is 5.30. The number of likely N-dealkylation sites (tertiary alicyclic amines) is 1. The van der Waals surface area contributed by atoms with Crippen LogP contribution in [0.15, 0.2) is 0 Å². The molecule has 0 aliphatic carbocycles. The van der Waals surface area contributed by atoms with Crippen molar-refractivity contribution in [2.75, 3.05) is 26.7 Å². The van der Waals surface area contributed by atoms with E-state index in [0.717, 1.165) is 4.90 Å². The van der Waals surface area contributed by atoms with Crippen molar-refractivity contribution < 1.29 is 19.1 Å². The van der Waals surface area contributed by atoms with Gasteiger partial charge in [0.05, 0.1) is 13.2 Å². The Morgan fingerprint density at radius 1 is 1.48 bits per heavy atom. The number of esters is 1. The Morgan fingerprint density at radius 3 is 2.62 bits per heavy atom. The van der Waals surface area contributed by atoms with E-state index in [4.69, 9.17) is 10.00 Å². The molecule has 8 nitrogen and oxygen atoms in total. The SMILES string of the molecule is COC(=O)C(C)N1CCC2(CC1)NC(=O)N(CC#N)C2=O. The zero-order chi connectivity index (χ0) is 15.6. The van der Waals surface area contributed by atoms with Crippen LogP contribution in [-0.4, -0.2) is 66.0 Å². The van der Waals surface area contributed by atoms with Gasteiger partial charge in [-0.1, -0.05) is 0 Å². The van der Waals surface area contributed by atoms with Gasteiger partial charge in [0.2, 0.25) is 0 Å². The molecule has 2 heterocycles. The van der Waals surface area contributed by atoms with E-state index in [2.05, 4.69) is 5.32 Å². The normalized spacial score (nSPS) is 22.8. The predicted octanol–water partition coefficient (Wildman–Crippen LogP) is -0.542. The zero-order valence-corrected chi connectivity index (χ0v) is 12.1. The third kappa shape index (κ3) is 2.56. The number of ether oxygens (including phenoxy) is 1. The molecule has 1 unspecified atom stereocenters. The van der Waals surface area contributed by atoms with Gasteiger partial charge >= 0.3 is 12.0 Å². The number of amides is 3. The first kappa shape index (κ1) is 15.3. The van der Waals surface area contributed by atoms with Gasteiger partial charge in [-0.3, -0.25) is 14.5 Å². The lowest BCUT2D eigenvalue weighted by Crippen LogP contribution is -2.57. The summed E-state index contributed by atoms with van der Waals surface area (Å²) in [6, 6.07) is 0.917. The largest absolute Gasteiger partial charge is 0.468 e. The van der Waals surface area contributed by atoms with Crippen molar-refractivity contribution >= 4 is 17.9 Å². The minimum Gasteiger partial charge on any atom is -0.468 e. The Morgan fingerprint density at radius 2 is 2.10 bits per heavy atom. The number of imide groups is 1. The zero-order valence-electron chi connectivity index (χ0n) is 12.1. The van der Waals surface area contributed by atoms with Crippen molar-refractivity contribution in [2.45, 2.75) is 31.3 Å². The monoisotopic (exact) mass is 294 g/mol. The van der Waals surface area contributed by atoms with Crippen molar-refractivity contribution in [1.82, 2.24) is 15.1 Å². The average Bonchev–Trinajstić information content (AvgIpc) is 2.71. The summed E-state index contributed by atoms with van der Waals surface area (Å²) in [5.74, 6) is -0.668. The Kier molecular flexibility index (Phi) is 4.14. The summed E-state index contributed by atoms with van der Waals surface area (Å²) in [6.45, 7) is 2.51. The van der Waals surface area contributed by atoms with Crippen LogP contribution < -0.4 is 5.32 Å². The standard InChI is InChI=1S/C13H18N4O4/c1-9(10(18)21-2)16-6-3-13(4-7-16)11(19)17(8-5-14)12(20)15-13/h9H,3-4,6-8H2,1-2H3,(H,15,20). The van der Waals surface area contributed by atoms with Crippen molar-refractivity contribution in [3.05, 3.63) is 0 Å². The first-order valence-corrected chi connectivity index (χ1v) is 6.78. The number of hydrogen-bond acceptors (Lipinski definition) is 6. The molecular weight excluding hydrogens is 276 g/mol. The van der Waals surface area contributed by atoms with E-state index >= 15 is 0 Å². The molecule has 3 amide bonds. The molecule has 2 aliphatic rings. The Bertz CT molecular complexity index is 505. The molecule has 1 spiro atoms. The second kappa shape index (κ2) is 5.69. The minimum atomic E-state index is -0.930. The molecule has 0 aromatic carbocycles. The Hall–Kier alpha value is -2.14. The maximum atomic E-state index is 12.3. The highest BCUT2D eigenvalue weighted by Crippen LogP contribution is 2.30. The van der Waals surface area contributed by atoms with E-state index in [9.17, 15) is 14.4 Å². The van der Waals surface area contributed by atoms with E-state index in [1.807, 2.05) is 11.0 Å². The molecule has 1 N–H and O–H groups in total. The molecule has 2 rings (SSSR count). The highest BCUT2D eigenvalue weighted by Gasteiger charge is 2.52. The molecule has 0 radical (unpaired) electrons. The number of piperidine rings is 1. The van der Waals surface area contributed by atoms with Crippen LogP contribution in [0, 0.1) is 11.3 Å². The molecule has 0 aromatic heterocycles. The van der Waals surface area contributed by atoms with Crippen molar-refractivity contribution in [3.8, 4) is 6.07 Å². The molecule has 0 aromatic rings. The number of hydrogen-bond donors (Lipinski definition) is 1. The number of carbonyl (C=O) groups is 3. The van der Waals surface area contributed by atoms with E-state index in [0.29, 0.717) is 25.9 Å². The number of methoxy groups -OCH3 is 1. The van der Waals surface area contributed by atoms with E-state index in [1.54, 1.807) is 6.92 Å². The summed E-state index contributed by atoms with van der Waals surface area (Å²) in [5.41, 5.74) is -0.930. The Labute approximate surface area is 122 Å². The van der Waals surface area contributed by atoms with Crippen molar-refractivity contribution in [1.29, 1.82) is 5.26 Å². The summed E-state index contributed by atoms with van der Waals surface area (Å²) < 4.78 is 4.71. The van der Waals surface area contributed by atoms with Crippen LogP contribution in [0.3, 0.4) is 0 Å². The fourth-order valence-corrected chi connectivity index (χ4v) is 2.84. The lowest BCUT2D eigenvalue weighted by Gasteiger charge is -2.39. The van der Waals surface area contributed by atoms with E-state index in [1.165, 1.54) is 7.11 Å². The van der Waals surface area contributed by atoms with Gasteiger partial charge in [0.1, 0.15) is 18.1 Å². The second-order valence-corrected chi connectivity index (χ2v) is 5.30. The molecule has 2 saturated heterocycles. The van der Waals surface area contributed by atoms with Gasteiger partial charge in [0.15, 0.2) is 0 Å². The first-order chi connectivity index (χ1) is 9.95. The summed E-state index contributed by atoms with van der Waals surface area (Å²) in [5, 5.41) is 11.4. The number of nitrogens with one attached hydrogen (secondary N) is 1. The molecular formula is C13H18N4O4. The highest BCUT2D eigenvalue weighted by atomic mass is 16.5. The van der Waals surface area contributed by atoms with E-state index < -0.39 is 11.6 Å². The maximum Gasteiger partial charge on any atom is 0.325 e. The fraction of sp³-hybridized carbons (Fsp3) is 0.692. The van der Waals surface area contributed by atoms with Crippen LogP contribution in [0.5, 0.6) is 0 Å². The van der Waals surface area contributed by atoms with Gasteiger partial charge in [-0.15, -0.1) is 0 Å². The van der Waals surface area contributed by atoms with Gasteiger partial charge in [0.25, 0.3) is 5.91 Å². The minimum absolute atomic E-state index is 0.241. The van der Waals surface area contributed by atoms with Gasteiger partial charge < -0.3 is 10.1 Å². The Balaban J connectivity index is 2.04. The third-order valence-electron chi connectivity index (χ3n) is 4.22. The predicted molar refractivity (Wildman–Crippen MR) is 70.9 cm³/mol. The van der Waals surface area contributed by atoms with Crippen LogP contribution in [0.4, 0.5) is 4.79 Å². The molecule has 114 valence electrons. The van der Waals surface area contributed by atoms with Crippen molar-refractivity contribution in [2.24, 2.45) is 0 Å². The number of nitrogens with zero attached hydrogens (tertiary/aromatic N) is 3. The molecule has 8 heteroatoms. The molecule has 1 atom stereocenters. The molecule has 0 bridgehead atoms. The van der Waals surface area contributed by atoms with Crippen LogP contribution in [0.25, 0.3) is 0 Å². The quantitative estimate of drug-likeness (QED) is 0.426. The van der Waals surface area contributed by atoms with Crippen molar-refractivity contribution in [3.63, 3.8) is 0 Å². The maximum absolute atomic E-state index is 12.3. The summed E-state index contributed by atoms with van der Waals surface area (Å²) in [4.78, 5) is 38.5. The summed E-state index contributed by atoms with van der Waals surface area (Å²) in [6.07, 6.45) is 0.835. The summed E-state index contributed by atoms with van der Waals surface area (Å²) in [7, 11) is 1.34. The van der Waals surface area contributed by atoms with Crippen LogP contribution in [0.1, 0.15) is 19.8 Å². The number of rotatable bonds is 3. The van der Waals surface area contributed by atoms with E-state index in [-0.39, 0.29) is 24.5 Å². The van der Waals surface area contributed by atoms with Gasteiger partial charge in [-0.05, 0) is 19.8 Å². The summed E-state index contributed by atoms with van der Waals surface area (Å²) >= 11 is 0. The highest BCUT2D eigenvalue weighted by molar-refractivity contribution is 6.07. The van der Waals surface area contributed by atoms with Crippen LogP contribution in [0.2, 0.25) is 0 Å². The fourth-order valence-electron chi connectivity index (χ4n) is 2.84. The van der Waals surface area contributed by atoms with Crippen LogP contribution in [-0.2, 0) is 14.3 Å². The molecule has 21 heavy (non-hydrogen) atoms. The number of urea groups is 1. The number of nitriles is 1. The topological polar surface area (TPSA) is 103 Å². The molecule has 2 fully saturated rings. The lowest BCUT2D eigenvalue weighted by molar-refractivity contribution is -0.147. The molecule has 0 saturated carbocycles. The van der Waals surface area contributed by atoms with Crippen LogP contribution >= 0.6 is 0 Å².